The predicted molar refractivity (Wildman–Crippen MR) is 57.9 cm³/mol. The molecule has 0 rings (SSSR count). The standard InChI is InChI=1S/C11H23Cl/c1-4-7-10(3)8-6-9-11(12)5-2/h10-11H,4-9H2,1-3H3. The van der Waals surface area contributed by atoms with Crippen LogP contribution >= 0.6 is 11.6 Å². The lowest BCUT2D eigenvalue weighted by atomic mass is 9.98. The summed E-state index contributed by atoms with van der Waals surface area (Å²) in [6.45, 7) is 6.76. The minimum atomic E-state index is 0.416. The molecule has 0 saturated heterocycles. The quantitative estimate of drug-likeness (QED) is 0.515. The van der Waals surface area contributed by atoms with Crippen molar-refractivity contribution in [2.45, 2.75) is 64.7 Å². The molecule has 0 aromatic carbocycles. The van der Waals surface area contributed by atoms with Gasteiger partial charge in [0.15, 0.2) is 0 Å². The lowest BCUT2D eigenvalue weighted by Gasteiger charge is -2.10. The molecule has 0 saturated carbocycles. The largest absolute Gasteiger partial charge is 0.123 e. The van der Waals surface area contributed by atoms with Crippen LogP contribution in [0.1, 0.15) is 59.3 Å². The zero-order chi connectivity index (χ0) is 9.40. The van der Waals surface area contributed by atoms with Gasteiger partial charge in [0.1, 0.15) is 0 Å². The van der Waals surface area contributed by atoms with Crippen LogP contribution in [0.15, 0.2) is 0 Å². The number of hydrogen-bond acceptors (Lipinski definition) is 0. The summed E-state index contributed by atoms with van der Waals surface area (Å²) in [5.74, 6) is 0.899. The highest BCUT2D eigenvalue weighted by Gasteiger charge is 2.03. The van der Waals surface area contributed by atoms with Crippen LogP contribution in [0.2, 0.25) is 0 Å². The minimum absolute atomic E-state index is 0.416. The van der Waals surface area contributed by atoms with Gasteiger partial charge < -0.3 is 0 Å². The van der Waals surface area contributed by atoms with Gasteiger partial charge in [0.05, 0.1) is 0 Å². The third kappa shape index (κ3) is 6.97. The highest BCUT2D eigenvalue weighted by atomic mass is 35.5. The molecule has 0 aliphatic rings. The third-order valence-corrected chi connectivity index (χ3v) is 2.97. The van der Waals surface area contributed by atoms with Crippen molar-refractivity contribution >= 4 is 11.6 Å². The monoisotopic (exact) mass is 190 g/mol. The van der Waals surface area contributed by atoms with E-state index < -0.39 is 0 Å². The van der Waals surface area contributed by atoms with Crippen LogP contribution in [0.4, 0.5) is 0 Å². The second-order valence-corrected chi connectivity index (χ2v) is 4.45. The van der Waals surface area contributed by atoms with Gasteiger partial charge in [-0.25, -0.2) is 0 Å². The summed E-state index contributed by atoms with van der Waals surface area (Å²) < 4.78 is 0. The molecule has 2 atom stereocenters. The molecule has 0 nitrogen and oxygen atoms in total. The second kappa shape index (κ2) is 7.91. The maximum atomic E-state index is 6.03. The number of halogens is 1. The Kier molecular flexibility index (Phi) is 8.11. The molecule has 12 heavy (non-hydrogen) atoms. The van der Waals surface area contributed by atoms with E-state index in [1.807, 2.05) is 0 Å². The smallest absolute Gasteiger partial charge is 0.0333 e. The predicted octanol–water partition coefficient (Wildman–Crippen LogP) is 4.61. The zero-order valence-electron chi connectivity index (χ0n) is 8.78. The van der Waals surface area contributed by atoms with Gasteiger partial charge in [0.2, 0.25) is 0 Å². The van der Waals surface area contributed by atoms with Gasteiger partial charge in [-0.1, -0.05) is 46.5 Å². The van der Waals surface area contributed by atoms with E-state index in [4.69, 9.17) is 11.6 Å². The summed E-state index contributed by atoms with van der Waals surface area (Å²) in [6.07, 6.45) is 7.67. The first-order chi connectivity index (χ1) is 5.70. The van der Waals surface area contributed by atoms with E-state index in [9.17, 15) is 0 Å². The summed E-state index contributed by atoms with van der Waals surface area (Å²) in [7, 11) is 0. The van der Waals surface area contributed by atoms with Crippen LogP contribution in [-0.2, 0) is 0 Å². The van der Waals surface area contributed by atoms with Crippen molar-refractivity contribution in [1.82, 2.24) is 0 Å². The molecule has 0 heterocycles. The summed E-state index contributed by atoms with van der Waals surface area (Å²) in [6, 6.07) is 0. The Labute approximate surface area is 82.7 Å². The van der Waals surface area contributed by atoms with E-state index in [-0.39, 0.29) is 0 Å². The lowest BCUT2D eigenvalue weighted by Crippen LogP contribution is -1.99. The molecule has 0 aliphatic carbocycles. The van der Waals surface area contributed by atoms with Crippen molar-refractivity contribution in [1.29, 1.82) is 0 Å². The summed E-state index contributed by atoms with van der Waals surface area (Å²) in [5, 5.41) is 0.416. The topological polar surface area (TPSA) is 0 Å². The molecule has 0 aliphatic heterocycles. The molecule has 0 bridgehead atoms. The van der Waals surface area contributed by atoms with Crippen LogP contribution < -0.4 is 0 Å². The van der Waals surface area contributed by atoms with Crippen molar-refractivity contribution in [2.75, 3.05) is 0 Å². The van der Waals surface area contributed by atoms with Crippen LogP contribution in [0, 0.1) is 5.92 Å². The van der Waals surface area contributed by atoms with E-state index in [1.54, 1.807) is 0 Å². The Morgan fingerprint density at radius 3 is 2.25 bits per heavy atom. The molecule has 0 N–H and O–H groups in total. The third-order valence-electron chi connectivity index (χ3n) is 2.44. The van der Waals surface area contributed by atoms with Crippen LogP contribution in [0.5, 0.6) is 0 Å². The minimum Gasteiger partial charge on any atom is -0.123 e. The number of rotatable bonds is 7. The first kappa shape index (κ1) is 12.3. The van der Waals surface area contributed by atoms with Gasteiger partial charge in [-0.15, -0.1) is 11.6 Å². The van der Waals surface area contributed by atoms with Crippen molar-refractivity contribution in [2.24, 2.45) is 5.92 Å². The molecule has 0 aromatic rings. The van der Waals surface area contributed by atoms with Crippen molar-refractivity contribution in [3.05, 3.63) is 0 Å². The summed E-state index contributed by atoms with van der Waals surface area (Å²) in [5.41, 5.74) is 0. The molecular formula is C11H23Cl. The summed E-state index contributed by atoms with van der Waals surface area (Å²) >= 11 is 6.03. The fourth-order valence-corrected chi connectivity index (χ4v) is 1.68. The Bertz CT molecular complexity index is 91.0. The summed E-state index contributed by atoms with van der Waals surface area (Å²) in [4.78, 5) is 0. The Hall–Kier alpha value is 0.290. The van der Waals surface area contributed by atoms with E-state index in [2.05, 4.69) is 20.8 Å². The first-order valence-corrected chi connectivity index (χ1v) is 5.78. The number of alkyl halides is 1. The molecule has 74 valence electrons. The maximum Gasteiger partial charge on any atom is 0.0333 e. The van der Waals surface area contributed by atoms with E-state index in [0.717, 1.165) is 12.3 Å². The highest BCUT2D eigenvalue weighted by molar-refractivity contribution is 6.20. The lowest BCUT2D eigenvalue weighted by molar-refractivity contribution is 0.456. The normalized spacial score (nSPS) is 16.0. The SMILES string of the molecule is CCCC(C)CCCC(Cl)CC. The van der Waals surface area contributed by atoms with Crippen LogP contribution in [0.25, 0.3) is 0 Å². The van der Waals surface area contributed by atoms with Gasteiger partial charge in [-0.05, 0) is 18.8 Å². The van der Waals surface area contributed by atoms with Gasteiger partial charge in [-0.3, -0.25) is 0 Å². The number of hydrogen-bond donors (Lipinski definition) is 0. The van der Waals surface area contributed by atoms with E-state index in [0.29, 0.717) is 5.38 Å². The average Bonchev–Trinajstić information content (AvgIpc) is 2.04. The maximum absolute atomic E-state index is 6.03. The molecule has 0 spiro atoms. The Balaban J connectivity index is 3.18. The first-order valence-electron chi connectivity index (χ1n) is 5.34. The van der Waals surface area contributed by atoms with Gasteiger partial charge in [0, 0.05) is 5.38 Å². The molecule has 1 heteroatoms. The molecule has 0 aromatic heterocycles. The highest BCUT2D eigenvalue weighted by Crippen LogP contribution is 2.17. The van der Waals surface area contributed by atoms with Gasteiger partial charge >= 0.3 is 0 Å². The van der Waals surface area contributed by atoms with Crippen molar-refractivity contribution in [3.63, 3.8) is 0 Å². The van der Waals surface area contributed by atoms with Crippen LogP contribution in [0.3, 0.4) is 0 Å². The van der Waals surface area contributed by atoms with E-state index >= 15 is 0 Å². The average molecular weight is 191 g/mol. The van der Waals surface area contributed by atoms with Gasteiger partial charge in [0.25, 0.3) is 0 Å². The molecule has 0 fully saturated rings. The molecule has 2 unspecified atom stereocenters. The fraction of sp³-hybridized carbons (Fsp3) is 1.00. The van der Waals surface area contributed by atoms with Crippen molar-refractivity contribution < 1.29 is 0 Å². The van der Waals surface area contributed by atoms with Crippen molar-refractivity contribution in [3.8, 4) is 0 Å². The Morgan fingerprint density at radius 1 is 1.08 bits per heavy atom. The molecule has 0 amide bonds. The second-order valence-electron chi connectivity index (χ2n) is 3.83. The van der Waals surface area contributed by atoms with Gasteiger partial charge in [-0.2, -0.15) is 0 Å². The molecular weight excluding hydrogens is 168 g/mol. The van der Waals surface area contributed by atoms with E-state index in [1.165, 1.54) is 32.1 Å². The van der Waals surface area contributed by atoms with Crippen LogP contribution in [-0.4, -0.2) is 5.38 Å². The molecule has 0 radical (unpaired) electrons. The zero-order valence-corrected chi connectivity index (χ0v) is 9.53. The Morgan fingerprint density at radius 2 is 1.75 bits per heavy atom. The fourth-order valence-electron chi connectivity index (χ4n) is 1.53.